The first-order valence-corrected chi connectivity index (χ1v) is 7.39. The summed E-state index contributed by atoms with van der Waals surface area (Å²) < 4.78 is 0. The van der Waals surface area contributed by atoms with Crippen molar-refractivity contribution in [2.75, 3.05) is 0 Å². The predicted molar refractivity (Wildman–Crippen MR) is 80.6 cm³/mol. The van der Waals surface area contributed by atoms with Crippen LogP contribution in [0.15, 0.2) is 17.5 Å². The Kier molecular flexibility index (Phi) is 5.75. The third kappa shape index (κ3) is 3.78. The number of rotatable bonds is 6. The van der Waals surface area contributed by atoms with E-state index in [0.717, 1.165) is 4.88 Å². The molecule has 100 valence electrons. The molecule has 0 saturated heterocycles. The highest BCUT2D eigenvalue weighted by atomic mass is 32.1. The quantitative estimate of drug-likeness (QED) is 0.790. The SMILES string of the molecule is CCC(C(=O)NC(c1cccs1)C(C)C)C(N)=S. The van der Waals surface area contributed by atoms with Crippen molar-refractivity contribution in [2.24, 2.45) is 17.6 Å². The van der Waals surface area contributed by atoms with E-state index in [0.29, 0.717) is 12.3 Å². The van der Waals surface area contributed by atoms with E-state index in [4.69, 9.17) is 18.0 Å². The molecule has 1 heterocycles. The summed E-state index contributed by atoms with van der Waals surface area (Å²) in [6.07, 6.45) is 0.635. The molecule has 3 nitrogen and oxygen atoms in total. The second-order valence-electron chi connectivity index (χ2n) is 4.61. The van der Waals surface area contributed by atoms with Crippen LogP contribution in [-0.2, 0) is 4.79 Å². The van der Waals surface area contributed by atoms with Crippen LogP contribution in [0.5, 0.6) is 0 Å². The molecular weight excluding hydrogens is 264 g/mol. The van der Waals surface area contributed by atoms with Gasteiger partial charge in [0.25, 0.3) is 0 Å². The molecule has 0 spiro atoms. The van der Waals surface area contributed by atoms with E-state index in [-0.39, 0.29) is 22.9 Å². The highest BCUT2D eigenvalue weighted by molar-refractivity contribution is 7.80. The van der Waals surface area contributed by atoms with Crippen LogP contribution in [-0.4, -0.2) is 10.9 Å². The average molecular weight is 284 g/mol. The van der Waals surface area contributed by atoms with Crippen LogP contribution < -0.4 is 11.1 Å². The smallest absolute Gasteiger partial charge is 0.230 e. The van der Waals surface area contributed by atoms with Gasteiger partial charge < -0.3 is 11.1 Å². The molecule has 1 amide bonds. The van der Waals surface area contributed by atoms with E-state index >= 15 is 0 Å². The second kappa shape index (κ2) is 6.85. The lowest BCUT2D eigenvalue weighted by atomic mass is 10.00. The molecule has 0 fully saturated rings. The third-order valence-corrected chi connectivity index (χ3v) is 4.12. The van der Waals surface area contributed by atoms with Crippen LogP contribution in [0.1, 0.15) is 38.1 Å². The molecule has 2 unspecified atom stereocenters. The van der Waals surface area contributed by atoms with Gasteiger partial charge in [-0.1, -0.05) is 39.1 Å². The number of carbonyl (C=O) groups excluding carboxylic acids is 1. The van der Waals surface area contributed by atoms with Gasteiger partial charge >= 0.3 is 0 Å². The molecule has 3 N–H and O–H groups in total. The minimum absolute atomic E-state index is 0.0286. The van der Waals surface area contributed by atoms with Gasteiger partial charge in [0.15, 0.2) is 0 Å². The zero-order valence-corrected chi connectivity index (χ0v) is 12.6. The standard InChI is InChI=1S/C13H20N2OS2/c1-4-9(12(14)17)13(16)15-11(8(2)3)10-6-5-7-18-10/h5-9,11H,4H2,1-3H3,(H2,14,17)(H,15,16). The lowest BCUT2D eigenvalue weighted by Crippen LogP contribution is -2.40. The Labute approximate surface area is 118 Å². The number of carbonyl (C=O) groups is 1. The summed E-state index contributed by atoms with van der Waals surface area (Å²) in [7, 11) is 0. The van der Waals surface area contributed by atoms with Crippen molar-refractivity contribution >= 4 is 34.5 Å². The lowest BCUT2D eigenvalue weighted by molar-refractivity contribution is -0.124. The summed E-state index contributed by atoms with van der Waals surface area (Å²) in [5.41, 5.74) is 5.59. The molecule has 1 aromatic rings. The first-order chi connectivity index (χ1) is 8.47. The zero-order valence-electron chi connectivity index (χ0n) is 11.0. The summed E-state index contributed by atoms with van der Waals surface area (Å²) in [5, 5.41) is 5.07. The summed E-state index contributed by atoms with van der Waals surface area (Å²) in [6, 6.07) is 4.06. The Hall–Kier alpha value is -0.940. The fraction of sp³-hybridized carbons (Fsp3) is 0.538. The zero-order chi connectivity index (χ0) is 13.7. The van der Waals surface area contributed by atoms with Crippen LogP contribution in [0.2, 0.25) is 0 Å². The monoisotopic (exact) mass is 284 g/mol. The average Bonchev–Trinajstić information content (AvgIpc) is 2.78. The third-order valence-electron chi connectivity index (χ3n) is 2.88. The number of nitrogens with one attached hydrogen (secondary N) is 1. The Balaban J connectivity index is 2.79. The maximum Gasteiger partial charge on any atom is 0.230 e. The summed E-state index contributed by atoms with van der Waals surface area (Å²) in [4.78, 5) is 13.6. The Morgan fingerprint density at radius 3 is 2.61 bits per heavy atom. The maximum atomic E-state index is 12.2. The van der Waals surface area contributed by atoms with Crippen molar-refractivity contribution in [3.8, 4) is 0 Å². The number of hydrogen-bond acceptors (Lipinski definition) is 3. The molecule has 0 radical (unpaired) electrons. The van der Waals surface area contributed by atoms with Crippen molar-refractivity contribution in [3.05, 3.63) is 22.4 Å². The van der Waals surface area contributed by atoms with Gasteiger partial charge in [0.05, 0.1) is 16.9 Å². The molecule has 5 heteroatoms. The van der Waals surface area contributed by atoms with Crippen LogP contribution in [0, 0.1) is 11.8 Å². The van der Waals surface area contributed by atoms with Crippen LogP contribution in [0.4, 0.5) is 0 Å². The lowest BCUT2D eigenvalue weighted by Gasteiger charge is -2.23. The molecule has 18 heavy (non-hydrogen) atoms. The van der Waals surface area contributed by atoms with Gasteiger partial charge in [-0.25, -0.2) is 0 Å². The van der Waals surface area contributed by atoms with Gasteiger partial charge in [-0.3, -0.25) is 4.79 Å². The summed E-state index contributed by atoms with van der Waals surface area (Å²) in [5.74, 6) is -0.116. The molecular formula is C13H20N2OS2. The molecule has 0 aliphatic rings. The van der Waals surface area contributed by atoms with Crippen molar-refractivity contribution < 1.29 is 4.79 Å². The summed E-state index contributed by atoms with van der Waals surface area (Å²) >= 11 is 6.58. The maximum absolute atomic E-state index is 12.2. The van der Waals surface area contributed by atoms with Crippen LogP contribution >= 0.6 is 23.6 Å². The first kappa shape index (κ1) is 15.1. The molecule has 2 atom stereocenters. The molecule has 0 aliphatic carbocycles. The van der Waals surface area contributed by atoms with E-state index in [2.05, 4.69) is 19.2 Å². The molecule has 0 saturated carbocycles. The van der Waals surface area contributed by atoms with Gasteiger partial charge in [0.2, 0.25) is 5.91 Å². The number of thiophene rings is 1. The van der Waals surface area contributed by atoms with Crippen LogP contribution in [0.25, 0.3) is 0 Å². The van der Waals surface area contributed by atoms with Gasteiger partial charge in [-0.2, -0.15) is 0 Å². The van der Waals surface area contributed by atoms with E-state index in [1.165, 1.54) is 0 Å². The van der Waals surface area contributed by atoms with Crippen LogP contribution in [0.3, 0.4) is 0 Å². The van der Waals surface area contributed by atoms with Crippen molar-refractivity contribution in [2.45, 2.75) is 33.2 Å². The minimum atomic E-state index is -0.374. The first-order valence-electron chi connectivity index (χ1n) is 6.10. The Morgan fingerprint density at radius 2 is 2.22 bits per heavy atom. The predicted octanol–water partition coefficient (Wildman–Crippen LogP) is 2.87. The van der Waals surface area contributed by atoms with Gasteiger partial charge in [-0.05, 0) is 23.8 Å². The normalized spacial score (nSPS) is 14.2. The largest absolute Gasteiger partial charge is 0.393 e. The molecule has 0 aromatic carbocycles. The van der Waals surface area contributed by atoms with Gasteiger partial charge in [0.1, 0.15) is 0 Å². The Morgan fingerprint density at radius 1 is 1.56 bits per heavy atom. The van der Waals surface area contributed by atoms with Gasteiger partial charge in [-0.15, -0.1) is 11.3 Å². The van der Waals surface area contributed by atoms with E-state index in [1.54, 1.807) is 11.3 Å². The van der Waals surface area contributed by atoms with E-state index < -0.39 is 0 Å². The molecule has 1 rings (SSSR count). The molecule has 0 bridgehead atoms. The second-order valence-corrected chi connectivity index (χ2v) is 6.06. The number of thiocarbonyl (C=S) groups is 1. The van der Waals surface area contributed by atoms with E-state index in [1.807, 2.05) is 24.4 Å². The highest BCUT2D eigenvalue weighted by Gasteiger charge is 2.25. The van der Waals surface area contributed by atoms with Crippen molar-refractivity contribution in [1.82, 2.24) is 5.32 Å². The number of amides is 1. The fourth-order valence-corrected chi connectivity index (χ4v) is 3.03. The summed E-state index contributed by atoms with van der Waals surface area (Å²) in [6.45, 7) is 6.09. The van der Waals surface area contributed by atoms with Crippen molar-refractivity contribution in [1.29, 1.82) is 0 Å². The Bertz CT molecular complexity index is 401. The number of hydrogen-bond donors (Lipinski definition) is 2. The van der Waals surface area contributed by atoms with Gasteiger partial charge in [0, 0.05) is 4.88 Å². The minimum Gasteiger partial charge on any atom is -0.393 e. The van der Waals surface area contributed by atoms with E-state index in [9.17, 15) is 4.79 Å². The van der Waals surface area contributed by atoms with Crippen molar-refractivity contribution in [3.63, 3.8) is 0 Å². The molecule has 0 aliphatic heterocycles. The fourth-order valence-electron chi connectivity index (χ4n) is 1.80. The number of nitrogens with two attached hydrogens (primary N) is 1. The highest BCUT2D eigenvalue weighted by Crippen LogP contribution is 2.26. The topological polar surface area (TPSA) is 55.1 Å². The molecule has 1 aromatic heterocycles.